The van der Waals surface area contributed by atoms with E-state index in [1.807, 2.05) is 31.2 Å². The Hall–Kier alpha value is -3.03. The average Bonchev–Trinajstić information content (AvgIpc) is 2.77. The number of hydrogen-bond donors (Lipinski definition) is 1. The zero-order valence-corrected chi connectivity index (χ0v) is 19.5. The van der Waals surface area contributed by atoms with Gasteiger partial charge < -0.3 is 10.1 Å². The van der Waals surface area contributed by atoms with Crippen LogP contribution in [0.15, 0.2) is 72.8 Å². The number of halogens is 1. The van der Waals surface area contributed by atoms with Crippen molar-refractivity contribution in [1.82, 2.24) is 5.32 Å². The quantitative estimate of drug-likeness (QED) is 0.492. The number of carbonyl (C=O) groups excluding carboxylic acids is 1. The highest BCUT2D eigenvalue weighted by Gasteiger charge is 2.19. The van der Waals surface area contributed by atoms with E-state index < -0.39 is 10.0 Å². The molecule has 0 aliphatic carbocycles. The summed E-state index contributed by atoms with van der Waals surface area (Å²) in [4.78, 5) is 12.6. The van der Waals surface area contributed by atoms with Crippen molar-refractivity contribution in [2.45, 2.75) is 20.0 Å². The molecule has 3 rings (SSSR count). The maximum absolute atomic E-state index is 12.6. The van der Waals surface area contributed by atoms with Crippen molar-refractivity contribution in [2.75, 3.05) is 17.2 Å². The number of carbonyl (C=O) groups is 1. The van der Waals surface area contributed by atoms with Crippen LogP contribution in [0.5, 0.6) is 5.75 Å². The molecule has 3 aromatic rings. The summed E-state index contributed by atoms with van der Waals surface area (Å²) in [6.45, 7) is 2.93. The van der Waals surface area contributed by atoms with Crippen LogP contribution in [0.2, 0.25) is 5.02 Å². The summed E-state index contributed by atoms with van der Waals surface area (Å²) in [6.07, 6.45) is 1.14. The van der Waals surface area contributed by atoms with Crippen molar-refractivity contribution in [3.05, 3.63) is 94.5 Å². The van der Waals surface area contributed by atoms with E-state index in [1.54, 1.807) is 48.5 Å². The number of rotatable bonds is 9. The number of nitrogens with one attached hydrogen (secondary N) is 1. The van der Waals surface area contributed by atoms with Crippen LogP contribution in [-0.4, -0.2) is 27.2 Å². The molecule has 0 radical (unpaired) electrons. The third-order valence-electron chi connectivity index (χ3n) is 4.75. The Morgan fingerprint density at radius 1 is 1.03 bits per heavy atom. The highest BCUT2D eigenvalue weighted by molar-refractivity contribution is 7.92. The summed E-state index contributed by atoms with van der Waals surface area (Å²) in [5, 5.41) is 3.36. The van der Waals surface area contributed by atoms with Crippen molar-refractivity contribution in [3.63, 3.8) is 0 Å². The van der Waals surface area contributed by atoms with E-state index >= 15 is 0 Å². The molecule has 32 heavy (non-hydrogen) atoms. The molecule has 0 spiro atoms. The summed E-state index contributed by atoms with van der Waals surface area (Å²) in [6, 6.07) is 21.1. The number of amides is 1. The highest BCUT2D eigenvalue weighted by Crippen LogP contribution is 2.24. The van der Waals surface area contributed by atoms with Crippen LogP contribution in [0.25, 0.3) is 0 Å². The molecule has 0 saturated carbocycles. The molecule has 0 heterocycles. The summed E-state index contributed by atoms with van der Waals surface area (Å²) in [5.74, 6) is 0.498. The maximum atomic E-state index is 12.6. The summed E-state index contributed by atoms with van der Waals surface area (Å²) >= 11 is 6.20. The van der Waals surface area contributed by atoms with Gasteiger partial charge in [0.15, 0.2) is 0 Å². The molecular formula is C24H25ClN2O4S. The number of anilines is 1. The van der Waals surface area contributed by atoms with E-state index in [4.69, 9.17) is 16.3 Å². The minimum atomic E-state index is -3.56. The standard InChI is InChI=1S/C24H25ClN2O4S/c1-3-31-22-9-6-7-18(15-22)16-26-24(28)19-11-13-21(14-12-19)27(32(2,29)30)17-20-8-4-5-10-23(20)25/h4-15H,3,16-17H2,1-2H3,(H,26,28). The second-order valence-electron chi connectivity index (χ2n) is 7.17. The first-order valence-electron chi connectivity index (χ1n) is 10.1. The van der Waals surface area contributed by atoms with Crippen LogP contribution in [0.4, 0.5) is 5.69 Å². The van der Waals surface area contributed by atoms with Crippen molar-refractivity contribution >= 4 is 33.2 Å². The van der Waals surface area contributed by atoms with Crippen LogP contribution in [-0.2, 0) is 23.1 Å². The third kappa shape index (κ3) is 6.24. The van der Waals surface area contributed by atoms with Crippen LogP contribution < -0.4 is 14.4 Å². The first-order valence-corrected chi connectivity index (χ1v) is 12.3. The maximum Gasteiger partial charge on any atom is 0.251 e. The predicted molar refractivity (Wildman–Crippen MR) is 128 cm³/mol. The molecule has 0 saturated heterocycles. The van der Waals surface area contributed by atoms with Gasteiger partial charge in [0.2, 0.25) is 10.0 Å². The molecule has 0 aromatic heterocycles. The van der Waals surface area contributed by atoms with Gasteiger partial charge in [-0.25, -0.2) is 8.42 Å². The van der Waals surface area contributed by atoms with Gasteiger partial charge in [-0.05, 0) is 60.5 Å². The lowest BCUT2D eigenvalue weighted by molar-refractivity contribution is 0.0951. The number of sulfonamides is 1. The van der Waals surface area contributed by atoms with Gasteiger partial charge in [0.1, 0.15) is 5.75 Å². The minimum Gasteiger partial charge on any atom is -0.494 e. The van der Waals surface area contributed by atoms with Crippen LogP contribution in [0.1, 0.15) is 28.4 Å². The first kappa shape index (κ1) is 23.6. The number of ether oxygens (including phenoxy) is 1. The molecule has 1 N–H and O–H groups in total. The summed E-state index contributed by atoms with van der Waals surface area (Å²) in [7, 11) is -3.56. The summed E-state index contributed by atoms with van der Waals surface area (Å²) in [5.41, 5.74) is 2.49. The fourth-order valence-electron chi connectivity index (χ4n) is 3.16. The molecule has 0 atom stereocenters. The van der Waals surface area contributed by atoms with E-state index in [0.29, 0.717) is 35.0 Å². The van der Waals surface area contributed by atoms with Crippen molar-refractivity contribution < 1.29 is 17.9 Å². The molecule has 168 valence electrons. The van der Waals surface area contributed by atoms with Gasteiger partial charge in [0, 0.05) is 17.1 Å². The van der Waals surface area contributed by atoms with Crippen molar-refractivity contribution in [3.8, 4) is 5.75 Å². The van der Waals surface area contributed by atoms with Crippen LogP contribution >= 0.6 is 11.6 Å². The Morgan fingerprint density at radius 2 is 1.75 bits per heavy atom. The van der Waals surface area contributed by atoms with E-state index in [-0.39, 0.29) is 12.5 Å². The van der Waals surface area contributed by atoms with Crippen molar-refractivity contribution in [1.29, 1.82) is 0 Å². The molecule has 3 aromatic carbocycles. The van der Waals surface area contributed by atoms with E-state index in [2.05, 4.69) is 5.32 Å². The molecule has 1 amide bonds. The average molecular weight is 473 g/mol. The van der Waals surface area contributed by atoms with Gasteiger partial charge in [-0.15, -0.1) is 0 Å². The SMILES string of the molecule is CCOc1cccc(CNC(=O)c2ccc(N(Cc3ccccc3Cl)S(C)(=O)=O)cc2)c1. The topological polar surface area (TPSA) is 75.7 Å². The largest absolute Gasteiger partial charge is 0.494 e. The number of nitrogens with zero attached hydrogens (tertiary/aromatic N) is 1. The van der Waals surface area contributed by atoms with Gasteiger partial charge in [-0.3, -0.25) is 9.10 Å². The molecular weight excluding hydrogens is 448 g/mol. The van der Waals surface area contributed by atoms with Gasteiger partial charge in [-0.1, -0.05) is 41.9 Å². The lowest BCUT2D eigenvalue weighted by Gasteiger charge is -2.23. The second-order valence-corrected chi connectivity index (χ2v) is 9.49. The zero-order valence-electron chi connectivity index (χ0n) is 17.9. The van der Waals surface area contributed by atoms with Gasteiger partial charge in [-0.2, -0.15) is 0 Å². The first-order chi connectivity index (χ1) is 15.3. The number of hydrogen-bond acceptors (Lipinski definition) is 4. The normalized spacial score (nSPS) is 11.1. The minimum absolute atomic E-state index is 0.0974. The van der Waals surface area contributed by atoms with Crippen LogP contribution in [0, 0.1) is 0 Å². The monoisotopic (exact) mass is 472 g/mol. The van der Waals surface area contributed by atoms with E-state index in [9.17, 15) is 13.2 Å². The number of benzene rings is 3. The predicted octanol–water partition coefficient (Wildman–Crippen LogP) is 4.63. The second kappa shape index (κ2) is 10.5. The Bertz CT molecular complexity index is 1180. The van der Waals surface area contributed by atoms with Gasteiger partial charge in [0.25, 0.3) is 5.91 Å². The van der Waals surface area contributed by atoms with Crippen molar-refractivity contribution in [2.24, 2.45) is 0 Å². The highest BCUT2D eigenvalue weighted by atomic mass is 35.5. The lowest BCUT2D eigenvalue weighted by atomic mass is 10.1. The molecule has 0 unspecified atom stereocenters. The molecule has 0 fully saturated rings. The van der Waals surface area contributed by atoms with Crippen LogP contribution in [0.3, 0.4) is 0 Å². The summed E-state index contributed by atoms with van der Waals surface area (Å²) < 4.78 is 31.5. The third-order valence-corrected chi connectivity index (χ3v) is 6.26. The molecule has 0 bridgehead atoms. The zero-order chi connectivity index (χ0) is 23.1. The molecule has 0 aliphatic rings. The smallest absolute Gasteiger partial charge is 0.251 e. The molecule has 6 nitrogen and oxygen atoms in total. The Morgan fingerprint density at radius 3 is 2.41 bits per heavy atom. The lowest BCUT2D eigenvalue weighted by Crippen LogP contribution is -2.29. The fourth-order valence-corrected chi connectivity index (χ4v) is 4.23. The van der Waals surface area contributed by atoms with E-state index in [1.165, 1.54) is 4.31 Å². The van der Waals surface area contributed by atoms with Gasteiger partial charge in [0.05, 0.1) is 25.1 Å². The molecule has 8 heteroatoms. The Labute approximate surface area is 193 Å². The Kier molecular flexibility index (Phi) is 7.77. The van der Waals surface area contributed by atoms with E-state index in [0.717, 1.165) is 17.6 Å². The van der Waals surface area contributed by atoms with Gasteiger partial charge >= 0.3 is 0 Å². The molecule has 0 aliphatic heterocycles. The Balaban J connectivity index is 1.71. The fraction of sp³-hybridized carbons (Fsp3) is 0.208.